The summed E-state index contributed by atoms with van der Waals surface area (Å²) in [5.41, 5.74) is 0.796. The van der Waals surface area contributed by atoms with Gasteiger partial charge in [0.15, 0.2) is 0 Å². The minimum Gasteiger partial charge on any atom is -0.395 e. The molecule has 6 heteroatoms. The zero-order valence-corrected chi connectivity index (χ0v) is 10.2. The van der Waals surface area contributed by atoms with Crippen LogP contribution >= 0.6 is 0 Å². The standard InChI is InChI=1S/C11H16N2O3S/c14-8-7-12-9-3-5-11(6-4-9)17(15,16)13-10-1-2-10/h3-6,10,12-14H,1-2,7-8H2. The molecule has 0 aliphatic heterocycles. The second-order valence-corrected chi connectivity index (χ2v) is 5.78. The number of anilines is 1. The average Bonchev–Trinajstić information content (AvgIpc) is 3.10. The molecule has 1 aromatic rings. The maximum Gasteiger partial charge on any atom is 0.240 e. The van der Waals surface area contributed by atoms with E-state index in [1.165, 1.54) is 0 Å². The molecule has 1 saturated carbocycles. The minimum atomic E-state index is -3.36. The van der Waals surface area contributed by atoms with Gasteiger partial charge in [-0.2, -0.15) is 0 Å². The van der Waals surface area contributed by atoms with Crippen LogP contribution in [0.1, 0.15) is 12.8 Å². The minimum absolute atomic E-state index is 0.0449. The lowest BCUT2D eigenvalue weighted by Crippen LogP contribution is -2.25. The molecule has 1 aliphatic rings. The van der Waals surface area contributed by atoms with Crippen molar-refractivity contribution in [1.29, 1.82) is 0 Å². The van der Waals surface area contributed by atoms with Crippen molar-refractivity contribution in [2.75, 3.05) is 18.5 Å². The zero-order chi connectivity index (χ0) is 12.3. The lowest BCUT2D eigenvalue weighted by atomic mass is 10.3. The van der Waals surface area contributed by atoms with Crippen molar-refractivity contribution in [3.8, 4) is 0 Å². The Balaban J connectivity index is 2.05. The van der Waals surface area contributed by atoms with Crippen LogP contribution in [0.2, 0.25) is 0 Å². The Bertz CT molecular complexity index is 466. The van der Waals surface area contributed by atoms with Crippen molar-refractivity contribution in [3.63, 3.8) is 0 Å². The van der Waals surface area contributed by atoms with E-state index < -0.39 is 10.0 Å². The Hall–Kier alpha value is -1.11. The smallest absolute Gasteiger partial charge is 0.240 e. The number of sulfonamides is 1. The van der Waals surface area contributed by atoms with E-state index in [0.717, 1.165) is 18.5 Å². The van der Waals surface area contributed by atoms with Crippen molar-refractivity contribution in [3.05, 3.63) is 24.3 Å². The third-order valence-electron chi connectivity index (χ3n) is 2.50. The van der Waals surface area contributed by atoms with Crippen LogP contribution in [0.15, 0.2) is 29.2 Å². The van der Waals surface area contributed by atoms with Gasteiger partial charge >= 0.3 is 0 Å². The van der Waals surface area contributed by atoms with Crippen LogP contribution in [0.3, 0.4) is 0 Å². The van der Waals surface area contributed by atoms with Crippen molar-refractivity contribution in [1.82, 2.24) is 4.72 Å². The summed E-state index contributed by atoms with van der Waals surface area (Å²) in [4.78, 5) is 0.277. The summed E-state index contributed by atoms with van der Waals surface area (Å²) in [5.74, 6) is 0. The number of benzene rings is 1. The summed E-state index contributed by atoms with van der Waals surface area (Å²) >= 11 is 0. The van der Waals surface area contributed by atoms with Gasteiger partial charge in [0.1, 0.15) is 0 Å². The van der Waals surface area contributed by atoms with Crippen molar-refractivity contribution < 1.29 is 13.5 Å². The molecule has 0 unspecified atom stereocenters. The lowest BCUT2D eigenvalue weighted by molar-refractivity contribution is 0.311. The quantitative estimate of drug-likeness (QED) is 0.694. The van der Waals surface area contributed by atoms with Gasteiger partial charge in [-0.3, -0.25) is 0 Å². The number of aliphatic hydroxyl groups excluding tert-OH is 1. The maximum absolute atomic E-state index is 11.8. The molecule has 0 bridgehead atoms. The Morgan fingerprint density at radius 2 is 1.88 bits per heavy atom. The average molecular weight is 256 g/mol. The zero-order valence-electron chi connectivity index (χ0n) is 9.39. The van der Waals surface area contributed by atoms with Gasteiger partial charge in [-0.25, -0.2) is 13.1 Å². The molecule has 0 saturated heterocycles. The van der Waals surface area contributed by atoms with E-state index in [1.54, 1.807) is 24.3 Å². The number of aliphatic hydroxyl groups is 1. The molecule has 0 spiro atoms. The van der Waals surface area contributed by atoms with Gasteiger partial charge in [-0.15, -0.1) is 0 Å². The van der Waals surface area contributed by atoms with E-state index in [0.29, 0.717) is 6.54 Å². The first-order valence-electron chi connectivity index (χ1n) is 5.59. The predicted octanol–water partition coefficient (Wildman–Crippen LogP) is 0.531. The van der Waals surface area contributed by atoms with Gasteiger partial charge in [-0.05, 0) is 37.1 Å². The van der Waals surface area contributed by atoms with Gasteiger partial charge in [0, 0.05) is 18.3 Å². The first-order valence-corrected chi connectivity index (χ1v) is 7.07. The van der Waals surface area contributed by atoms with Crippen LogP contribution < -0.4 is 10.0 Å². The number of hydrogen-bond donors (Lipinski definition) is 3. The van der Waals surface area contributed by atoms with Crippen LogP contribution in [0.25, 0.3) is 0 Å². The third kappa shape index (κ3) is 3.42. The van der Waals surface area contributed by atoms with Crippen molar-refractivity contribution in [2.24, 2.45) is 0 Å². The molecule has 2 rings (SSSR count). The van der Waals surface area contributed by atoms with E-state index in [-0.39, 0.29) is 17.5 Å². The van der Waals surface area contributed by atoms with Crippen LogP contribution in [0.4, 0.5) is 5.69 Å². The van der Waals surface area contributed by atoms with E-state index in [9.17, 15) is 8.42 Å². The highest BCUT2D eigenvalue weighted by Gasteiger charge is 2.27. The molecule has 5 nitrogen and oxygen atoms in total. The Morgan fingerprint density at radius 1 is 1.24 bits per heavy atom. The molecule has 3 N–H and O–H groups in total. The Morgan fingerprint density at radius 3 is 2.41 bits per heavy atom. The van der Waals surface area contributed by atoms with E-state index in [2.05, 4.69) is 10.0 Å². The molecule has 0 aromatic heterocycles. The van der Waals surface area contributed by atoms with E-state index in [1.807, 2.05) is 0 Å². The summed E-state index contributed by atoms with van der Waals surface area (Å²) in [5, 5.41) is 11.6. The number of rotatable bonds is 6. The van der Waals surface area contributed by atoms with Crippen molar-refractivity contribution in [2.45, 2.75) is 23.8 Å². The molecule has 0 amide bonds. The van der Waals surface area contributed by atoms with Crippen LogP contribution in [0, 0.1) is 0 Å². The molecular formula is C11H16N2O3S. The first-order chi connectivity index (χ1) is 8.12. The van der Waals surface area contributed by atoms with Gasteiger partial charge < -0.3 is 10.4 Å². The van der Waals surface area contributed by atoms with Crippen molar-refractivity contribution >= 4 is 15.7 Å². The molecule has 1 aliphatic carbocycles. The fourth-order valence-electron chi connectivity index (χ4n) is 1.44. The SMILES string of the molecule is O=S(=O)(NC1CC1)c1ccc(NCCO)cc1. The van der Waals surface area contributed by atoms with E-state index >= 15 is 0 Å². The summed E-state index contributed by atoms with van der Waals surface area (Å²) in [6.07, 6.45) is 1.85. The third-order valence-corrected chi connectivity index (χ3v) is 4.04. The molecule has 0 radical (unpaired) electrons. The second kappa shape index (κ2) is 5.03. The topological polar surface area (TPSA) is 78.4 Å². The molecular weight excluding hydrogens is 240 g/mol. The predicted molar refractivity (Wildman–Crippen MR) is 65.4 cm³/mol. The number of hydrogen-bond acceptors (Lipinski definition) is 4. The molecule has 0 atom stereocenters. The van der Waals surface area contributed by atoms with E-state index in [4.69, 9.17) is 5.11 Å². The molecule has 0 heterocycles. The highest BCUT2D eigenvalue weighted by Crippen LogP contribution is 2.22. The van der Waals surface area contributed by atoms with Gasteiger partial charge in [0.2, 0.25) is 10.0 Å². The summed E-state index contributed by atoms with van der Waals surface area (Å²) < 4.78 is 26.3. The second-order valence-electron chi connectivity index (χ2n) is 4.07. The summed E-state index contributed by atoms with van der Waals surface area (Å²) in [6.45, 7) is 0.496. The van der Waals surface area contributed by atoms with Gasteiger partial charge in [0.05, 0.1) is 11.5 Å². The maximum atomic E-state index is 11.8. The van der Waals surface area contributed by atoms with Crippen LogP contribution in [-0.2, 0) is 10.0 Å². The first kappa shape index (κ1) is 12.3. The van der Waals surface area contributed by atoms with Crippen LogP contribution in [-0.4, -0.2) is 32.7 Å². The molecule has 1 aromatic carbocycles. The fraction of sp³-hybridized carbons (Fsp3) is 0.455. The normalized spacial score (nSPS) is 15.8. The fourth-order valence-corrected chi connectivity index (χ4v) is 2.75. The molecule has 1 fully saturated rings. The number of nitrogens with one attached hydrogen (secondary N) is 2. The van der Waals surface area contributed by atoms with Gasteiger partial charge in [-0.1, -0.05) is 0 Å². The Kier molecular flexibility index (Phi) is 3.66. The lowest BCUT2D eigenvalue weighted by Gasteiger charge is -2.07. The Labute approximate surface area is 101 Å². The van der Waals surface area contributed by atoms with Crippen LogP contribution in [0.5, 0.6) is 0 Å². The molecule has 17 heavy (non-hydrogen) atoms. The highest BCUT2D eigenvalue weighted by molar-refractivity contribution is 7.89. The highest BCUT2D eigenvalue weighted by atomic mass is 32.2. The molecule has 94 valence electrons. The summed E-state index contributed by atoms with van der Waals surface area (Å²) in [7, 11) is -3.36. The monoisotopic (exact) mass is 256 g/mol. The van der Waals surface area contributed by atoms with Gasteiger partial charge in [0.25, 0.3) is 0 Å². The summed E-state index contributed by atoms with van der Waals surface area (Å²) in [6, 6.07) is 6.62. The largest absolute Gasteiger partial charge is 0.395 e.